The predicted molar refractivity (Wildman–Crippen MR) is 44.3 cm³/mol. The molecule has 0 bridgehead atoms. The lowest BCUT2D eigenvalue weighted by Crippen LogP contribution is -3.00. The number of nitrogens with one attached hydrogen (secondary N) is 1. The summed E-state index contributed by atoms with van der Waals surface area (Å²) in [5.41, 5.74) is 0. The number of amides is 1. The van der Waals surface area contributed by atoms with Crippen LogP contribution < -0.4 is 22.3 Å². The number of hydrogen-bond acceptors (Lipinski definition) is 1. The Labute approximate surface area is 84.0 Å². The Bertz CT molecular complexity index is 272. The van der Waals surface area contributed by atoms with Crippen molar-refractivity contribution in [2.24, 2.45) is 7.05 Å². The number of imidazole rings is 1. The number of hydrogen-bond donors (Lipinski definition) is 1. The average Bonchev–Trinajstić information content (AvgIpc) is 2.36. The van der Waals surface area contributed by atoms with E-state index in [1.54, 1.807) is 0 Å². The molecule has 4 nitrogen and oxygen atoms in total. The zero-order valence-corrected chi connectivity index (χ0v) is 8.58. The molecular weight excluding hydrogens is 190 g/mol. The summed E-state index contributed by atoms with van der Waals surface area (Å²) in [6, 6.07) is 0. The summed E-state index contributed by atoms with van der Waals surface area (Å²) in [4.78, 5) is 11.1. The van der Waals surface area contributed by atoms with E-state index in [4.69, 9.17) is 0 Å². The summed E-state index contributed by atoms with van der Waals surface area (Å²) in [7, 11) is 1.92. The van der Waals surface area contributed by atoms with Gasteiger partial charge in [-0.25, -0.2) is 9.13 Å². The lowest BCUT2D eigenvalue weighted by Gasteiger charge is -1.97. The molecule has 0 spiro atoms. The Hall–Kier alpha value is -1.03. The van der Waals surface area contributed by atoms with Gasteiger partial charge in [0.05, 0.1) is 7.05 Å². The van der Waals surface area contributed by atoms with Crippen molar-refractivity contribution < 1.29 is 21.8 Å². The van der Waals surface area contributed by atoms with Crippen molar-refractivity contribution in [3.63, 3.8) is 0 Å². The second-order valence-corrected chi connectivity index (χ2v) is 2.70. The number of carbonyl (C=O) groups excluding carboxylic acids is 1. The SMILES string of the molecule is CCNC(=O)Cn1cc[n+](C)c1.[Cl-]. The van der Waals surface area contributed by atoms with Gasteiger partial charge in [0, 0.05) is 6.54 Å². The maximum atomic E-state index is 11.1. The van der Waals surface area contributed by atoms with Crippen molar-refractivity contribution >= 4 is 5.91 Å². The van der Waals surface area contributed by atoms with Gasteiger partial charge in [-0.2, -0.15) is 0 Å². The van der Waals surface area contributed by atoms with Gasteiger partial charge in [-0.1, -0.05) is 0 Å². The van der Waals surface area contributed by atoms with Crippen LogP contribution in [0.1, 0.15) is 6.92 Å². The van der Waals surface area contributed by atoms with Gasteiger partial charge in [0.25, 0.3) is 5.91 Å². The van der Waals surface area contributed by atoms with Gasteiger partial charge >= 0.3 is 0 Å². The maximum Gasteiger partial charge on any atom is 0.262 e. The summed E-state index contributed by atoms with van der Waals surface area (Å²) in [5.74, 6) is 0.0497. The van der Waals surface area contributed by atoms with Crippen molar-refractivity contribution in [1.29, 1.82) is 0 Å². The third kappa shape index (κ3) is 3.94. The molecule has 1 N–H and O–H groups in total. The van der Waals surface area contributed by atoms with Crippen LogP contribution in [-0.2, 0) is 18.4 Å². The molecule has 1 aromatic heterocycles. The summed E-state index contributed by atoms with van der Waals surface area (Å²) < 4.78 is 3.74. The van der Waals surface area contributed by atoms with Crippen molar-refractivity contribution in [2.75, 3.05) is 6.54 Å². The highest BCUT2D eigenvalue weighted by Gasteiger charge is 2.05. The van der Waals surface area contributed by atoms with Gasteiger partial charge in [0.2, 0.25) is 6.33 Å². The molecule has 0 fully saturated rings. The van der Waals surface area contributed by atoms with Gasteiger partial charge in [-0.05, 0) is 6.92 Å². The van der Waals surface area contributed by atoms with Crippen LogP contribution >= 0.6 is 0 Å². The normalized spacial score (nSPS) is 9.08. The molecule has 0 unspecified atom stereocenters. The fourth-order valence-electron chi connectivity index (χ4n) is 1.01. The van der Waals surface area contributed by atoms with Crippen LogP contribution in [0.3, 0.4) is 0 Å². The average molecular weight is 204 g/mol. The third-order valence-electron chi connectivity index (χ3n) is 1.52. The predicted octanol–water partition coefficient (Wildman–Crippen LogP) is -3.55. The van der Waals surface area contributed by atoms with E-state index >= 15 is 0 Å². The van der Waals surface area contributed by atoms with Crippen LogP contribution in [0.4, 0.5) is 0 Å². The zero-order chi connectivity index (χ0) is 8.97. The maximum absolute atomic E-state index is 11.1. The molecule has 1 aromatic rings. The molecule has 5 heteroatoms. The van der Waals surface area contributed by atoms with Gasteiger partial charge in [-0.15, -0.1) is 0 Å². The minimum atomic E-state index is 0. The highest BCUT2D eigenvalue weighted by Crippen LogP contribution is 1.82. The minimum Gasteiger partial charge on any atom is -1.00 e. The number of aromatic nitrogens is 2. The Morgan fingerprint density at radius 1 is 1.62 bits per heavy atom. The first-order chi connectivity index (χ1) is 5.72. The van der Waals surface area contributed by atoms with Crippen molar-refractivity contribution in [3.05, 3.63) is 18.7 Å². The Morgan fingerprint density at radius 3 is 2.77 bits per heavy atom. The van der Waals surface area contributed by atoms with E-state index in [1.807, 2.05) is 41.8 Å². The van der Waals surface area contributed by atoms with Crippen LogP contribution in [-0.4, -0.2) is 17.0 Å². The van der Waals surface area contributed by atoms with Gasteiger partial charge in [0.1, 0.15) is 12.4 Å². The fraction of sp³-hybridized carbons (Fsp3) is 0.500. The van der Waals surface area contributed by atoms with Crippen LogP contribution in [0.2, 0.25) is 0 Å². The lowest BCUT2D eigenvalue weighted by atomic mass is 10.5. The number of likely N-dealkylation sites (N-methyl/N-ethyl adjacent to an activating group) is 1. The molecule has 0 atom stereocenters. The number of halogens is 1. The van der Waals surface area contributed by atoms with Crippen LogP contribution in [0.25, 0.3) is 0 Å². The molecule has 1 rings (SSSR count). The molecule has 0 aliphatic rings. The molecular formula is C8H14ClN3O. The minimum absolute atomic E-state index is 0. The number of rotatable bonds is 3. The topological polar surface area (TPSA) is 37.9 Å². The van der Waals surface area contributed by atoms with E-state index in [0.29, 0.717) is 13.1 Å². The van der Waals surface area contributed by atoms with E-state index in [0.717, 1.165) is 0 Å². The highest BCUT2D eigenvalue weighted by atomic mass is 35.5. The van der Waals surface area contributed by atoms with Gasteiger partial charge in [0.15, 0.2) is 6.54 Å². The summed E-state index contributed by atoms with van der Waals surface area (Å²) in [6.07, 6.45) is 5.64. The van der Waals surface area contributed by atoms with Crippen LogP contribution in [0.5, 0.6) is 0 Å². The van der Waals surface area contributed by atoms with Crippen molar-refractivity contribution in [2.45, 2.75) is 13.5 Å². The Morgan fingerprint density at radius 2 is 2.31 bits per heavy atom. The van der Waals surface area contributed by atoms with Crippen molar-refractivity contribution in [3.8, 4) is 0 Å². The molecule has 13 heavy (non-hydrogen) atoms. The van der Waals surface area contributed by atoms with Crippen molar-refractivity contribution in [1.82, 2.24) is 9.88 Å². The van der Waals surface area contributed by atoms with Crippen LogP contribution in [0, 0.1) is 0 Å². The smallest absolute Gasteiger partial charge is 0.262 e. The largest absolute Gasteiger partial charge is 1.00 e. The number of carbonyl (C=O) groups is 1. The molecule has 0 saturated heterocycles. The first-order valence-electron chi connectivity index (χ1n) is 4.00. The second-order valence-electron chi connectivity index (χ2n) is 2.70. The van der Waals surface area contributed by atoms with Crippen LogP contribution in [0.15, 0.2) is 18.7 Å². The van der Waals surface area contributed by atoms with E-state index in [2.05, 4.69) is 5.32 Å². The van der Waals surface area contributed by atoms with E-state index in [-0.39, 0.29) is 18.3 Å². The molecule has 1 amide bonds. The van der Waals surface area contributed by atoms with E-state index in [1.165, 1.54) is 0 Å². The molecule has 74 valence electrons. The molecule has 0 saturated carbocycles. The molecule has 0 radical (unpaired) electrons. The van der Waals surface area contributed by atoms with Gasteiger partial charge in [-0.3, -0.25) is 4.79 Å². The summed E-state index contributed by atoms with van der Waals surface area (Å²) in [5, 5.41) is 2.73. The first kappa shape index (κ1) is 12.0. The summed E-state index contributed by atoms with van der Waals surface area (Å²) >= 11 is 0. The van der Waals surface area contributed by atoms with Gasteiger partial charge < -0.3 is 17.7 Å². The monoisotopic (exact) mass is 203 g/mol. The number of aryl methyl sites for hydroxylation is 1. The third-order valence-corrected chi connectivity index (χ3v) is 1.52. The quantitative estimate of drug-likeness (QED) is 0.508. The number of nitrogens with zero attached hydrogens (tertiary/aromatic N) is 2. The molecule has 0 aliphatic carbocycles. The lowest BCUT2D eigenvalue weighted by molar-refractivity contribution is -0.671. The molecule has 0 aromatic carbocycles. The Balaban J connectivity index is 0.00000144. The van der Waals surface area contributed by atoms with E-state index in [9.17, 15) is 4.79 Å². The highest BCUT2D eigenvalue weighted by molar-refractivity contribution is 5.75. The Kier molecular flexibility index (Phi) is 5.14. The zero-order valence-electron chi connectivity index (χ0n) is 7.83. The molecule has 1 heterocycles. The molecule has 0 aliphatic heterocycles. The summed E-state index contributed by atoms with van der Waals surface area (Å²) in [6.45, 7) is 2.99. The second kappa shape index (κ2) is 5.59. The van der Waals surface area contributed by atoms with E-state index < -0.39 is 0 Å². The standard InChI is InChI=1S/C8H13N3O.ClH/c1-3-9-8(12)6-11-5-4-10(2)7-11;/h4-5,7H,3,6H2,1-2H3;1H. The fourth-order valence-corrected chi connectivity index (χ4v) is 1.01. The first-order valence-corrected chi connectivity index (χ1v) is 4.00.